The Morgan fingerprint density at radius 2 is 0.722 bits per heavy atom. The van der Waals surface area contributed by atoms with Gasteiger partial charge in [-0.2, -0.15) is 0 Å². The molecule has 24 atom stereocenters. The Morgan fingerprint density at radius 3 is 1.01 bits per heavy atom. The summed E-state index contributed by atoms with van der Waals surface area (Å²) >= 11 is 0. The quantitative estimate of drug-likeness (QED) is 0.115. The lowest BCUT2D eigenvalue weighted by Gasteiger charge is -2.60. The van der Waals surface area contributed by atoms with Gasteiger partial charge in [0.25, 0.3) is 0 Å². The summed E-state index contributed by atoms with van der Waals surface area (Å²) in [6.45, 7) is 21.8. The van der Waals surface area contributed by atoms with E-state index in [0.717, 1.165) is 77.0 Å². The van der Waals surface area contributed by atoms with Crippen LogP contribution >= 0.6 is 0 Å². The van der Waals surface area contributed by atoms with Crippen molar-refractivity contribution in [1.82, 2.24) is 0 Å². The molecule has 0 aromatic carbocycles. The smallest absolute Gasteiger partial charge is 0.201 e. The SMILES string of the molecule is C[C@@H]1CC[C@H]2[C@@H](C)C(CCOCC(CO)(COCCC3O[C@@H]4O[C@]5(C)CC[C@H]6[C@H](C)CC[C@@H]([C@H]3C)[C@@]46OO5)COCCC3O[C@@H]4O[C@]5(C)CC[C@H]6[C@H](C)CC[C@@H]([C@H]3C)[C@@]46OO5)O[C@@H]3O[C@@]4(C)CC[C@@H]1[C@]32OO4. The minimum atomic E-state index is -0.823. The molecule has 12 saturated heterocycles. The number of hydrogen-bond donors (Lipinski definition) is 1. The Hall–Kier alpha value is -0.640. The summed E-state index contributed by atoms with van der Waals surface area (Å²) in [6.07, 6.45) is 12.3. The third kappa shape index (κ3) is 8.32. The molecule has 0 radical (unpaired) electrons. The third-order valence-corrected chi connectivity index (χ3v) is 22.1. The van der Waals surface area contributed by atoms with Gasteiger partial charge in [0.05, 0.1) is 50.2 Å². The minimum absolute atomic E-state index is 0.0831. The predicted octanol–water partition coefficient (Wildman–Crippen LogP) is 8.94. The van der Waals surface area contributed by atoms with Gasteiger partial charge in [0.2, 0.25) is 17.4 Å². The average Bonchev–Trinajstić information content (AvgIpc) is 3.85. The first-order chi connectivity index (χ1) is 34.5. The summed E-state index contributed by atoms with van der Waals surface area (Å²) < 4.78 is 60.6. The zero-order valence-corrected chi connectivity index (χ0v) is 45.0. The van der Waals surface area contributed by atoms with Crippen LogP contribution in [-0.4, -0.2) is 123 Å². The van der Waals surface area contributed by atoms with Gasteiger partial charge in [0.15, 0.2) is 35.7 Å². The monoisotopic (exact) mass is 1020 g/mol. The minimum Gasteiger partial charge on any atom is -0.396 e. The Kier molecular flexibility index (Phi) is 14.0. The lowest BCUT2D eigenvalue weighted by Crippen LogP contribution is -2.70. The van der Waals surface area contributed by atoms with E-state index in [1.165, 1.54) is 0 Å². The highest BCUT2D eigenvalue weighted by Gasteiger charge is 2.72. The van der Waals surface area contributed by atoms with Crippen molar-refractivity contribution in [3.63, 3.8) is 0 Å². The van der Waals surface area contributed by atoms with Gasteiger partial charge in [-0.05, 0) is 151 Å². The van der Waals surface area contributed by atoms with E-state index in [-0.39, 0.29) is 80.2 Å². The number of rotatable bonds is 16. The molecule has 15 aliphatic rings. The summed E-state index contributed by atoms with van der Waals surface area (Å²) in [5.41, 5.74) is -2.63. The molecule has 410 valence electrons. The Labute approximate surface area is 428 Å². The molecule has 3 saturated carbocycles. The number of ether oxygens (including phenoxy) is 9. The average molecular weight is 1020 g/mol. The van der Waals surface area contributed by atoms with Crippen molar-refractivity contribution in [2.45, 2.75) is 230 Å². The van der Waals surface area contributed by atoms with E-state index in [9.17, 15) is 5.11 Å². The molecule has 6 bridgehead atoms. The van der Waals surface area contributed by atoms with Crippen molar-refractivity contribution in [1.29, 1.82) is 0 Å². The summed E-state index contributed by atoms with van der Waals surface area (Å²) in [5.74, 6) is 1.39. The van der Waals surface area contributed by atoms with E-state index in [4.69, 9.17) is 72.0 Å². The molecule has 16 nitrogen and oxygen atoms in total. The van der Waals surface area contributed by atoms with Gasteiger partial charge in [0, 0.05) is 56.8 Å². The second-order valence-electron chi connectivity index (χ2n) is 26.5. The van der Waals surface area contributed by atoms with Crippen LogP contribution in [0.1, 0.15) is 159 Å². The van der Waals surface area contributed by atoms with Crippen molar-refractivity contribution in [3.05, 3.63) is 0 Å². The van der Waals surface area contributed by atoms with E-state index < -0.39 is 58.4 Å². The molecule has 3 unspecified atom stereocenters. The molecule has 0 amide bonds. The number of aliphatic hydroxyl groups excluding tert-OH is 1. The fourth-order valence-corrected chi connectivity index (χ4v) is 17.7. The molecule has 72 heavy (non-hydrogen) atoms. The maximum Gasteiger partial charge on any atom is 0.201 e. The van der Waals surface area contributed by atoms with Crippen molar-refractivity contribution in [2.75, 3.05) is 46.2 Å². The highest BCUT2D eigenvalue weighted by Crippen LogP contribution is 2.64. The molecule has 1 N–H and O–H groups in total. The van der Waals surface area contributed by atoms with Crippen LogP contribution in [0.5, 0.6) is 0 Å². The van der Waals surface area contributed by atoms with Gasteiger partial charge in [-0.15, -0.1) is 0 Å². The number of aliphatic hydroxyl groups is 1. The molecule has 15 fully saturated rings. The van der Waals surface area contributed by atoms with E-state index in [1.807, 2.05) is 20.8 Å². The fraction of sp³-hybridized carbons (Fsp3) is 1.00. The molecule has 0 aromatic rings. The first-order valence-electron chi connectivity index (χ1n) is 28.9. The van der Waals surface area contributed by atoms with Crippen molar-refractivity contribution in [3.8, 4) is 0 Å². The van der Waals surface area contributed by atoms with Gasteiger partial charge in [-0.25, -0.2) is 29.3 Å². The lowest BCUT2D eigenvalue weighted by molar-refractivity contribution is -0.571. The van der Waals surface area contributed by atoms with Crippen molar-refractivity contribution < 1.29 is 77.1 Å². The summed E-state index contributed by atoms with van der Waals surface area (Å²) in [6, 6.07) is 0. The first kappa shape index (κ1) is 52.1. The summed E-state index contributed by atoms with van der Waals surface area (Å²) in [7, 11) is 0. The van der Waals surface area contributed by atoms with Crippen LogP contribution in [0.4, 0.5) is 0 Å². The van der Waals surface area contributed by atoms with Crippen molar-refractivity contribution in [2.24, 2.45) is 76.4 Å². The zero-order chi connectivity index (χ0) is 50.1. The molecule has 0 aromatic heterocycles. The first-order valence-corrected chi connectivity index (χ1v) is 28.9. The van der Waals surface area contributed by atoms with Crippen LogP contribution in [0.15, 0.2) is 0 Å². The van der Waals surface area contributed by atoms with E-state index >= 15 is 0 Å². The lowest BCUT2D eigenvalue weighted by atomic mass is 9.57. The van der Waals surface area contributed by atoms with Gasteiger partial charge in [-0.1, -0.05) is 41.5 Å². The largest absolute Gasteiger partial charge is 0.396 e. The molecule has 3 spiro atoms. The second kappa shape index (κ2) is 19.3. The molecule has 15 rings (SSSR count). The van der Waals surface area contributed by atoms with E-state index in [2.05, 4.69) is 41.5 Å². The molecule has 16 heteroatoms. The Morgan fingerprint density at radius 1 is 0.417 bits per heavy atom. The zero-order valence-electron chi connectivity index (χ0n) is 45.0. The van der Waals surface area contributed by atoms with Crippen LogP contribution in [-0.2, 0) is 72.0 Å². The Bertz CT molecular complexity index is 1720. The van der Waals surface area contributed by atoms with Crippen LogP contribution in [0, 0.1) is 76.4 Å². The number of hydrogen-bond acceptors (Lipinski definition) is 16. The molecular weight excluding hydrogens is 929 g/mol. The highest BCUT2D eigenvalue weighted by molar-refractivity contribution is 5.13. The maximum absolute atomic E-state index is 11.4. The van der Waals surface area contributed by atoms with Gasteiger partial charge < -0.3 is 47.7 Å². The molecular formula is C56H90O16. The standard InChI is InChI=1S/C56H90O16/c1-32-10-13-41-35(4)44(61-47-54(41)38(32)16-22-50(7,64-47)67-70-54)19-25-58-29-53(28-57,30-59-26-20-45-36(5)42-14-11-33(2)39-17-23-51(8)65-48(62-45)55(39,42)71-68-51)31-60-27-21-46-37(6)43-15-12-34(3)40-18-24-52(9)66-49(63-46)56(40,43)72-69-52/h32-49,57H,10-31H2,1-9H3/t32-,33-,34-,35-,36-,37-,38+,39+,40+,41+,42+,43+,44?,45?,46?,47-,48-,49-,50-,51+,52+,53?,54-,55-,56-/m1/s1. The van der Waals surface area contributed by atoms with E-state index in [1.54, 1.807) is 0 Å². The van der Waals surface area contributed by atoms with Crippen LogP contribution in [0.3, 0.4) is 0 Å². The van der Waals surface area contributed by atoms with Gasteiger partial charge in [0.1, 0.15) is 0 Å². The van der Waals surface area contributed by atoms with Crippen LogP contribution in [0.2, 0.25) is 0 Å². The summed E-state index contributed by atoms with van der Waals surface area (Å²) in [4.78, 5) is 37.5. The molecule has 12 aliphatic heterocycles. The Balaban J connectivity index is 0.705. The van der Waals surface area contributed by atoms with Crippen LogP contribution in [0.25, 0.3) is 0 Å². The predicted molar refractivity (Wildman–Crippen MR) is 256 cm³/mol. The highest BCUT2D eigenvalue weighted by atomic mass is 17.3. The van der Waals surface area contributed by atoms with E-state index in [0.29, 0.717) is 74.6 Å². The third-order valence-electron chi connectivity index (χ3n) is 22.1. The van der Waals surface area contributed by atoms with Crippen LogP contribution < -0.4 is 0 Å². The van der Waals surface area contributed by atoms with Gasteiger partial charge >= 0.3 is 0 Å². The second-order valence-corrected chi connectivity index (χ2v) is 26.5. The molecule has 3 aliphatic carbocycles. The van der Waals surface area contributed by atoms with Gasteiger partial charge in [-0.3, -0.25) is 0 Å². The molecule has 12 heterocycles. The fourth-order valence-electron chi connectivity index (χ4n) is 17.7. The maximum atomic E-state index is 11.4. The van der Waals surface area contributed by atoms with Crippen molar-refractivity contribution >= 4 is 0 Å². The number of fused-ring (bicyclic) bond motifs is 6. The topological polar surface area (TPSA) is 159 Å². The summed E-state index contributed by atoms with van der Waals surface area (Å²) in [5, 5.41) is 11.4. The normalized spacial score (nSPS) is 54.9.